The summed E-state index contributed by atoms with van der Waals surface area (Å²) in [4.78, 5) is 39.0. The third-order valence-electron chi connectivity index (χ3n) is 10.0. The van der Waals surface area contributed by atoms with E-state index in [4.69, 9.17) is 14.8 Å². The van der Waals surface area contributed by atoms with Crippen LogP contribution in [0.3, 0.4) is 0 Å². The van der Waals surface area contributed by atoms with Crippen molar-refractivity contribution in [3.63, 3.8) is 0 Å². The van der Waals surface area contributed by atoms with Gasteiger partial charge in [0, 0.05) is 44.0 Å². The Morgan fingerprint density at radius 1 is 0.960 bits per heavy atom. The highest BCUT2D eigenvalue weighted by Gasteiger charge is 2.44. The van der Waals surface area contributed by atoms with Gasteiger partial charge in [-0.05, 0) is 82.3 Å². The summed E-state index contributed by atoms with van der Waals surface area (Å²) in [5, 5.41) is 13.5. The van der Waals surface area contributed by atoms with Crippen LogP contribution in [-0.2, 0) is 18.2 Å². The lowest BCUT2D eigenvalue weighted by Gasteiger charge is -2.42. The smallest absolute Gasteiger partial charge is 0.410 e. The van der Waals surface area contributed by atoms with Crippen LogP contribution in [0.4, 0.5) is 14.9 Å². The van der Waals surface area contributed by atoms with E-state index in [1.807, 2.05) is 55.7 Å². The normalized spacial score (nSPS) is 20.4. The lowest BCUT2D eigenvalue weighted by molar-refractivity contribution is 0.0123. The molecule has 0 saturated carbocycles. The number of nitrogens with zero attached hydrogens (tertiary/aromatic N) is 9. The Morgan fingerprint density at radius 2 is 1.72 bits per heavy atom. The molecule has 3 aromatic heterocycles. The summed E-state index contributed by atoms with van der Waals surface area (Å²) in [6, 6.07) is 16.6. The van der Waals surface area contributed by atoms with E-state index >= 15 is 4.39 Å². The molecule has 13 heteroatoms. The van der Waals surface area contributed by atoms with Crippen molar-refractivity contribution in [3.8, 4) is 22.6 Å². The SMILES string of the molecule is C[C@@H]1c2ccccc2CCN1C(=O)c1cc(-c2cnn(C)n2)n2nc(-c3ccc(N4CC5CCC(C4)N5C(=O)OC(C)(C)C)cc3F)cc2n1. The van der Waals surface area contributed by atoms with E-state index in [9.17, 15) is 9.59 Å². The average Bonchev–Trinajstić information content (AvgIpc) is 3.78. The van der Waals surface area contributed by atoms with Crippen molar-refractivity contribution < 1.29 is 18.7 Å². The maximum atomic E-state index is 16.0. The summed E-state index contributed by atoms with van der Waals surface area (Å²) >= 11 is 0. The van der Waals surface area contributed by atoms with Crippen LogP contribution in [0, 0.1) is 5.82 Å². The number of piperazine rings is 1. The third-order valence-corrected chi connectivity index (χ3v) is 10.0. The number of carbonyl (C=O) groups is 2. The first-order valence-electron chi connectivity index (χ1n) is 17.2. The number of rotatable bonds is 4. The van der Waals surface area contributed by atoms with Crippen molar-refractivity contribution in [2.24, 2.45) is 7.05 Å². The highest BCUT2D eigenvalue weighted by atomic mass is 19.1. The molecule has 6 heterocycles. The average molecular weight is 678 g/mol. The molecule has 2 saturated heterocycles. The Kier molecular flexibility index (Phi) is 7.61. The molecule has 12 nitrogen and oxygen atoms in total. The van der Waals surface area contributed by atoms with Crippen LogP contribution in [0.1, 0.15) is 68.2 Å². The number of hydrogen-bond donors (Lipinski definition) is 0. The number of aryl methyl sites for hydroxylation is 1. The topological polar surface area (TPSA) is 114 Å². The fourth-order valence-electron chi connectivity index (χ4n) is 7.69. The van der Waals surface area contributed by atoms with Gasteiger partial charge >= 0.3 is 6.09 Å². The van der Waals surface area contributed by atoms with Crippen LogP contribution in [0.5, 0.6) is 0 Å². The molecule has 3 atom stereocenters. The van der Waals surface area contributed by atoms with E-state index in [-0.39, 0.29) is 35.8 Å². The predicted octanol–water partition coefficient (Wildman–Crippen LogP) is 5.68. The molecule has 3 aliphatic rings. The molecule has 0 radical (unpaired) electrons. The summed E-state index contributed by atoms with van der Waals surface area (Å²) in [7, 11) is 1.72. The molecule has 0 aliphatic carbocycles. The molecule has 0 spiro atoms. The Labute approximate surface area is 289 Å². The standard InChI is InChI=1S/C37H40FN9O3/c1-22-27-9-7-6-8-23(27)14-15-45(22)35(48)31-17-33(32-19-39-43(5)41-32)47-34(40-31)18-30(42-47)28-13-12-24(16-29(28)38)44-20-25-10-11-26(21-44)46(25)36(49)50-37(2,3)4/h6-9,12-13,16-19,22,25-26H,10-11,14-15,20-21H2,1-5H3/t22-,25?,26?/m1/s1. The molecule has 3 aliphatic heterocycles. The summed E-state index contributed by atoms with van der Waals surface area (Å²) in [6.07, 6.45) is 3.86. The lowest BCUT2D eigenvalue weighted by atomic mass is 9.93. The molecule has 5 aromatic rings. The molecule has 2 bridgehead atoms. The van der Waals surface area contributed by atoms with E-state index in [0.29, 0.717) is 47.9 Å². The highest BCUT2D eigenvalue weighted by molar-refractivity contribution is 5.94. The first-order valence-corrected chi connectivity index (χ1v) is 17.2. The zero-order chi connectivity index (χ0) is 34.9. The number of benzene rings is 2. The van der Waals surface area contributed by atoms with E-state index in [2.05, 4.69) is 27.2 Å². The number of ether oxygens (including phenoxy) is 1. The first kappa shape index (κ1) is 31.9. The zero-order valence-electron chi connectivity index (χ0n) is 28.9. The van der Waals surface area contributed by atoms with Gasteiger partial charge in [-0.3, -0.25) is 9.69 Å². The third kappa shape index (κ3) is 5.63. The van der Waals surface area contributed by atoms with Crippen molar-refractivity contribution in [2.75, 3.05) is 24.5 Å². The molecule has 2 amide bonds. The molecule has 0 N–H and O–H groups in total. The maximum Gasteiger partial charge on any atom is 0.410 e. The van der Waals surface area contributed by atoms with E-state index in [1.54, 1.807) is 36.0 Å². The number of anilines is 1. The van der Waals surface area contributed by atoms with Gasteiger partial charge in [-0.1, -0.05) is 24.3 Å². The number of fused-ring (bicyclic) bond motifs is 4. The Morgan fingerprint density at radius 3 is 2.42 bits per heavy atom. The number of halogens is 1. The van der Waals surface area contributed by atoms with Gasteiger partial charge in [0.1, 0.15) is 22.8 Å². The molecular formula is C37H40FN9O3. The van der Waals surface area contributed by atoms with Crippen LogP contribution in [0.15, 0.2) is 60.8 Å². The predicted molar refractivity (Wildman–Crippen MR) is 185 cm³/mol. The van der Waals surface area contributed by atoms with Crippen LogP contribution < -0.4 is 4.90 Å². The molecule has 2 fully saturated rings. The minimum atomic E-state index is -0.564. The lowest BCUT2D eigenvalue weighted by Crippen LogP contribution is -2.56. The number of amides is 2. The van der Waals surface area contributed by atoms with Crippen molar-refractivity contribution in [1.82, 2.24) is 39.4 Å². The van der Waals surface area contributed by atoms with Crippen LogP contribution in [0.2, 0.25) is 0 Å². The Hall–Kier alpha value is -5.33. The van der Waals surface area contributed by atoms with Gasteiger partial charge in [-0.2, -0.15) is 20.1 Å². The van der Waals surface area contributed by atoms with Gasteiger partial charge < -0.3 is 14.5 Å². The fraction of sp³-hybridized carbons (Fsp3) is 0.405. The quantitative estimate of drug-likeness (QED) is 0.239. The monoisotopic (exact) mass is 677 g/mol. The van der Waals surface area contributed by atoms with Crippen LogP contribution in [0.25, 0.3) is 28.3 Å². The second-order valence-electron chi connectivity index (χ2n) is 14.5. The number of hydrogen-bond acceptors (Lipinski definition) is 8. The summed E-state index contributed by atoms with van der Waals surface area (Å²) in [5.41, 5.74) is 4.95. The van der Waals surface area contributed by atoms with Gasteiger partial charge in [-0.25, -0.2) is 18.7 Å². The summed E-state index contributed by atoms with van der Waals surface area (Å²) in [6.45, 7) is 9.43. The van der Waals surface area contributed by atoms with Gasteiger partial charge in [0.15, 0.2) is 5.65 Å². The summed E-state index contributed by atoms with van der Waals surface area (Å²) < 4.78 is 23.3. The van der Waals surface area contributed by atoms with E-state index < -0.39 is 11.4 Å². The van der Waals surface area contributed by atoms with E-state index in [0.717, 1.165) is 30.5 Å². The van der Waals surface area contributed by atoms with Gasteiger partial charge in [0.25, 0.3) is 5.91 Å². The highest BCUT2D eigenvalue weighted by Crippen LogP contribution is 2.36. The van der Waals surface area contributed by atoms with Crippen molar-refractivity contribution in [2.45, 2.75) is 70.7 Å². The van der Waals surface area contributed by atoms with Crippen LogP contribution in [-0.4, -0.2) is 88.7 Å². The Balaban J connectivity index is 1.09. The Bertz CT molecular complexity index is 2120. The van der Waals surface area contributed by atoms with E-state index in [1.165, 1.54) is 16.4 Å². The second kappa shape index (κ2) is 11.9. The number of carbonyl (C=O) groups excluding carboxylic acids is 2. The zero-order valence-corrected chi connectivity index (χ0v) is 28.9. The van der Waals surface area contributed by atoms with Gasteiger partial charge in [0.2, 0.25) is 0 Å². The molecule has 50 heavy (non-hydrogen) atoms. The van der Waals surface area contributed by atoms with Crippen molar-refractivity contribution in [1.29, 1.82) is 0 Å². The van der Waals surface area contributed by atoms with Crippen molar-refractivity contribution in [3.05, 3.63) is 83.4 Å². The minimum absolute atomic E-state index is 0.00920. The van der Waals surface area contributed by atoms with Crippen LogP contribution >= 0.6 is 0 Å². The largest absolute Gasteiger partial charge is 0.444 e. The van der Waals surface area contributed by atoms with Crippen molar-refractivity contribution >= 4 is 23.3 Å². The second-order valence-corrected chi connectivity index (χ2v) is 14.5. The minimum Gasteiger partial charge on any atom is -0.444 e. The molecule has 258 valence electrons. The molecule has 8 rings (SSSR count). The summed E-state index contributed by atoms with van der Waals surface area (Å²) in [5.74, 6) is -0.621. The molecule has 2 unspecified atom stereocenters. The molecule has 2 aromatic carbocycles. The van der Waals surface area contributed by atoms with Gasteiger partial charge in [0.05, 0.1) is 35.7 Å². The van der Waals surface area contributed by atoms with Gasteiger partial charge in [-0.15, -0.1) is 0 Å². The number of aromatic nitrogens is 6. The first-order chi connectivity index (χ1) is 23.9. The fourth-order valence-corrected chi connectivity index (χ4v) is 7.69. The molecular weight excluding hydrogens is 637 g/mol. The maximum absolute atomic E-state index is 16.0.